The van der Waals surface area contributed by atoms with Crippen LogP contribution in [0, 0.1) is 11.7 Å². The maximum Gasteiger partial charge on any atom is 0.410 e. The standard InChI is InChI=1S/C33H37FN2O7/c1-33(2,3)43-32(38)36-14-13-25(23(18-36)19-40-24-10-12-29-30(16-24)42-20-41-29)21-9-11-27(34)26(15-21)31(37)35-17-22-7-5-6-8-28(22)39-4/h5-12,15-16,23,25H,13-14,17-20H2,1-4H3,(H,35,37)/t23-,25+/m1/s1. The minimum Gasteiger partial charge on any atom is -0.496 e. The number of methoxy groups -OCH3 is 1. The second-order valence-corrected chi connectivity index (χ2v) is 11.6. The van der Waals surface area contributed by atoms with Gasteiger partial charge in [-0.05, 0) is 69.0 Å². The molecule has 2 heterocycles. The Morgan fingerprint density at radius 3 is 2.63 bits per heavy atom. The zero-order valence-electron chi connectivity index (χ0n) is 24.9. The molecule has 1 saturated heterocycles. The second-order valence-electron chi connectivity index (χ2n) is 11.6. The van der Waals surface area contributed by atoms with Gasteiger partial charge in [0.25, 0.3) is 5.91 Å². The lowest BCUT2D eigenvalue weighted by molar-refractivity contribution is 0.0111. The molecule has 228 valence electrons. The molecule has 2 aliphatic rings. The van der Waals surface area contributed by atoms with Crippen molar-refractivity contribution in [2.24, 2.45) is 5.92 Å². The number of carbonyl (C=O) groups excluding carboxylic acids is 2. The summed E-state index contributed by atoms with van der Waals surface area (Å²) >= 11 is 0. The predicted octanol–water partition coefficient (Wildman–Crippen LogP) is 5.91. The van der Waals surface area contributed by atoms with Gasteiger partial charge in [-0.2, -0.15) is 0 Å². The van der Waals surface area contributed by atoms with Crippen LogP contribution in [0.5, 0.6) is 23.0 Å². The van der Waals surface area contributed by atoms with E-state index in [1.165, 1.54) is 6.07 Å². The Morgan fingerprint density at radius 1 is 1.05 bits per heavy atom. The van der Waals surface area contributed by atoms with Crippen LogP contribution < -0.4 is 24.3 Å². The third-order valence-electron chi connectivity index (χ3n) is 7.49. The molecule has 0 aliphatic carbocycles. The smallest absolute Gasteiger partial charge is 0.410 e. The van der Waals surface area contributed by atoms with E-state index in [-0.39, 0.29) is 37.3 Å². The number of rotatable bonds is 8. The van der Waals surface area contributed by atoms with Gasteiger partial charge < -0.3 is 33.9 Å². The summed E-state index contributed by atoms with van der Waals surface area (Å²) in [6.07, 6.45) is 0.192. The zero-order valence-corrected chi connectivity index (χ0v) is 24.9. The highest BCUT2D eigenvalue weighted by Crippen LogP contribution is 2.38. The number of carbonyl (C=O) groups is 2. The van der Waals surface area contributed by atoms with E-state index in [4.69, 9.17) is 23.7 Å². The van der Waals surface area contributed by atoms with Gasteiger partial charge in [0.2, 0.25) is 6.79 Å². The predicted molar refractivity (Wildman–Crippen MR) is 157 cm³/mol. The molecule has 2 atom stereocenters. The van der Waals surface area contributed by atoms with Crippen molar-refractivity contribution in [2.75, 3.05) is 33.6 Å². The highest BCUT2D eigenvalue weighted by molar-refractivity contribution is 5.94. The molecule has 3 aromatic carbocycles. The number of piperidine rings is 1. The fourth-order valence-corrected chi connectivity index (χ4v) is 5.37. The van der Waals surface area contributed by atoms with Gasteiger partial charge in [0, 0.05) is 37.2 Å². The van der Waals surface area contributed by atoms with Crippen molar-refractivity contribution in [3.05, 3.63) is 83.2 Å². The summed E-state index contributed by atoms with van der Waals surface area (Å²) in [4.78, 5) is 27.8. The van der Waals surface area contributed by atoms with E-state index in [1.807, 2.05) is 39.0 Å². The van der Waals surface area contributed by atoms with Crippen molar-refractivity contribution < 1.29 is 37.7 Å². The number of halogens is 1. The van der Waals surface area contributed by atoms with Crippen molar-refractivity contribution in [1.29, 1.82) is 0 Å². The molecule has 3 aromatic rings. The number of likely N-dealkylation sites (tertiary alicyclic amines) is 1. The Labute approximate surface area is 250 Å². The molecule has 0 bridgehead atoms. The number of fused-ring (bicyclic) bond motifs is 1. The van der Waals surface area contributed by atoms with Crippen LogP contribution in [0.4, 0.5) is 9.18 Å². The molecular weight excluding hydrogens is 555 g/mol. The molecule has 1 N–H and O–H groups in total. The van der Waals surface area contributed by atoms with E-state index in [0.717, 1.165) is 11.1 Å². The van der Waals surface area contributed by atoms with Crippen LogP contribution in [0.25, 0.3) is 0 Å². The maximum atomic E-state index is 15.0. The second kappa shape index (κ2) is 12.8. The highest BCUT2D eigenvalue weighted by Gasteiger charge is 2.35. The summed E-state index contributed by atoms with van der Waals surface area (Å²) in [6, 6.07) is 17.3. The summed E-state index contributed by atoms with van der Waals surface area (Å²) in [5.74, 6) is 1.10. The van der Waals surface area contributed by atoms with Gasteiger partial charge >= 0.3 is 6.09 Å². The average Bonchev–Trinajstić information content (AvgIpc) is 3.46. The number of hydrogen-bond donors (Lipinski definition) is 1. The van der Waals surface area contributed by atoms with Gasteiger partial charge in [-0.3, -0.25) is 4.79 Å². The maximum absolute atomic E-state index is 15.0. The first-order valence-electron chi connectivity index (χ1n) is 14.3. The lowest BCUT2D eigenvalue weighted by Crippen LogP contribution is -2.46. The first kappa shape index (κ1) is 30.0. The van der Waals surface area contributed by atoms with Crippen LogP contribution in [0.2, 0.25) is 0 Å². The molecule has 43 heavy (non-hydrogen) atoms. The zero-order chi connectivity index (χ0) is 30.6. The fourth-order valence-electron chi connectivity index (χ4n) is 5.37. The summed E-state index contributed by atoms with van der Waals surface area (Å²) in [5.41, 5.74) is 0.907. The van der Waals surface area contributed by atoms with E-state index < -0.39 is 23.4 Å². The van der Waals surface area contributed by atoms with Crippen LogP contribution in [-0.2, 0) is 11.3 Å². The SMILES string of the molecule is COc1ccccc1CNC(=O)c1cc([C@@H]2CCN(C(=O)OC(C)(C)C)C[C@@H]2COc2ccc3c(c2)OCO3)ccc1F. The molecule has 2 aliphatic heterocycles. The molecule has 2 amide bonds. The number of para-hydroxylation sites is 1. The van der Waals surface area contributed by atoms with Crippen molar-refractivity contribution in [3.63, 3.8) is 0 Å². The molecular formula is C33H37FN2O7. The highest BCUT2D eigenvalue weighted by atomic mass is 19.1. The summed E-state index contributed by atoms with van der Waals surface area (Å²) in [6.45, 7) is 6.94. The normalized spacial score (nSPS) is 17.7. The number of nitrogens with one attached hydrogen (secondary N) is 1. The van der Waals surface area contributed by atoms with Crippen LogP contribution in [0.15, 0.2) is 60.7 Å². The largest absolute Gasteiger partial charge is 0.496 e. The number of amides is 2. The van der Waals surface area contributed by atoms with Crippen molar-refractivity contribution in [3.8, 4) is 23.0 Å². The monoisotopic (exact) mass is 592 g/mol. The van der Waals surface area contributed by atoms with Gasteiger partial charge in [0.15, 0.2) is 11.5 Å². The summed E-state index contributed by atoms with van der Waals surface area (Å²) < 4.78 is 43.0. The first-order valence-corrected chi connectivity index (χ1v) is 14.3. The fraction of sp³-hybridized carbons (Fsp3) is 0.394. The van der Waals surface area contributed by atoms with Crippen molar-refractivity contribution in [2.45, 2.75) is 45.3 Å². The lowest BCUT2D eigenvalue weighted by Gasteiger charge is -2.39. The van der Waals surface area contributed by atoms with Gasteiger partial charge in [-0.1, -0.05) is 24.3 Å². The molecule has 10 heteroatoms. The minimum atomic E-state index is -0.630. The van der Waals surface area contributed by atoms with Gasteiger partial charge in [-0.25, -0.2) is 9.18 Å². The van der Waals surface area contributed by atoms with Crippen LogP contribution in [0.1, 0.15) is 54.6 Å². The van der Waals surface area contributed by atoms with Crippen molar-refractivity contribution in [1.82, 2.24) is 10.2 Å². The van der Waals surface area contributed by atoms with Crippen molar-refractivity contribution >= 4 is 12.0 Å². The third-order valence-corrected chi connectivity index (χ3v) is 7.49. The topological polar surface area (TPSA) is 95.6 Å². The molecule has 0 radical (unpaired) electrons. The Bertz CT molecular complexity index is 1470. The molecule has 0 unspecified atom stereocenters. The molecule has 0 saturated carbocycles. The average molecular weight is 593 g/mol. The van der Waals surface area contributed by atoms with E-state index in [2.05, 4.69) is 5.32 Å². The molecule has 1 fully saturated rings. The third kappa shape index (κ3) is 7.31. The Hall–Kier alpha value is -4.47. The Morgan fingerprint density at radius 2 is 1.84 bits per heavy atom. The van der Waals surface area contributed by atoms with Gasteiger partial charge in [0.05, 0.1) is 19.3 Å². The Balaban J connectivity index is 1.34. The number of nitrogens with zero attached hydrogens (tertiary/aromatic N) is 1. The Kier molecular flexibility index (Phi) is 8.94. The number of benzene rings is 3. The van der Waals surface area contributed by atoms with E-state index in [1.54, 1.807) is 48.4 Å². The molecule has 0 spiro atoms. The summed E-state index contributed by atoms with van der Waals surface area (Å²) in [7, 11) is 1.56. The number of hydrogen-bond acceptors (Lipinski definition) is 7. The molecule has 5 rings (SSSR count). The van der Waals surface area contributed by atoms with E-state index >= 15 is 0 Å². The quantitative estimate of drug-likeness (QED) is 0.347. The van der Waals surface area contributed by atoms with E-state index in [9.17, 15) is 14.0 Å². The van der Waals surface area contributed by atoms with Crippen LogP contribution in [-0.4, -0.2) is 56.1 Å². The molecule has 0 aromatic heterocycles. The van der Waals surface area contributed by atoms with Gasteiger partial charge in [-0.15, -0.1) is 0 Å². The minimum absolute atomic E-state index is 0.0441. The number of ether oxygens (including phenoxy) is 5. The summed E-state index contributed by atoms with van der Waals surface area (Å²) in [5, 5.41) is 2.81. The van der Waals surface area contributed by atoms with E-state index in [0.29, 0.717) is 42.5 Å². The molecule has 9 nitrogen and oxygen atoms in total. The lowest BCUT2D eigenvalue weighted by atomic mass is 9.80. The van der Waals surface area contributed by atoms with Crippen LogP contribution in [0.3, 0.4) is 0 Å². The first-order chi connectivity index (χ1) is 20.6. The van der Waals surface area contributed by atoms with Gasteiger partial charge in [0.1, 0.15) is 22.9 Å². The van der Waals surface area contributed by atoms with Crippen LogP contribution >= 0.6 is 0 Å².